The number of pyridine rings is 1. The van der Waals surface area contributed by atoms with Gasteiger partial charge < -0.3 is 15.5 Å². The number of amides is 1. The van der Waals surface area contributed by atoms with Crippen molar-refractivity contribution >= 4 is 17.4 Å². The minimum Gasteiger partial charge on any atom is -0.361 e. The van der Waals surface area contributed by atoms with E-state index in [0.29, 0.717) is 12.3 Å². The van der Waals surface area contributed by atoms with Crippen LogP contribution in [0.5, 0.6) is 0 Å². The lowest BCUT2D eigenvalue weighted by Gasteiger charge is -2.22. The average Bonchev–Trinajstić information content (AvgIpc) is 2.40. The summed E-state index contributed by atoms with van der Waals surface area (Å²) in [6, 6.07) is 3.73. The summed E-state index contributed by atoms with van der Waals surface area (Å²) >= 11 is 0. The van der Waals surface area contributed by atoms with Gasteiger partial charge in [-0.1, -0.05) is 0 Å². The first kappa shape index (κ1) is 13.8. The molecule has 0 unspecified atom stereocenters. The zero-order valence-electron chi connectivity index (χ0n) is 11.6. The van der Waals surface area contributed by atoms with Crippen LogP contribution in [0, 0.1) is 5.92 Å². The van der Waals surface area contributed by atoms with E-state index in [2.05, 4.69) is 15.6 Å². The molecular weight excluding hydrogens is 240 g/mol. The minimum absolute atomic E-state index is 0.0861. The van der Waals surface area contributed by atoms with E-state index in [4.69, 9.17) is 0 Å². The normalized spacial score (nSPS) is 16.1. The summed E-state index contributed by atoms with van der Waals surface area (Å²) in [4.78, 5) is 18.3. The minimum atomic E-state index is 0.0861. The van der Waals surface area contributed by atoms with Gasteiger partial charge in [-0.2, -0.15) is 0 Å². The van der Waals surface area contributed by atoms with Gasteiger partial charge in [0.1, 0.15) is 0 Å². The molecule has 0 aliphatic carbocycles. The second-order valence-electron chi connectivity index (χ2n) is 5.21. The van der Waals surface area contributed by atoms with Crippen LogP contribution in [-0.4, -0.2) is 38.1 Å². The number of nitrogens with zero attached hydrogens (tertiary/aromatic N) is 2. The van der Waals surface area contributed by atoms with Gasteiger partial charge in [0.2, 0.25) is 5.91 Å². The summed E-state index contributed by atoms with van der Waals surface area (Å²) in [6.07, 6.45) is 4.50. The van der Waals surface area contributed by atoms with E-state index in [1.807, 2.05) is 31.1 Å². The van der Waals surface area contributed by atoms with Crippen LogP contribution in [-0.2, 0) is 4.79 Å². The molecule has 2 heterocycles. The zero-order valence-corrected chi connectivity index (χ0v) is 11.6. The Balaban J connectivity index is 1.94. The summed E-state index contributed by atoms with van der Waals surface area (Å²) in [7, 11) is 3.84. The lowest BCUT2D eigenvalue weighted by atomic mass is 9.94. The van der Waals surface area contributed by atoms with E-state index in [0.717, 1.165) is 37.4 Å². The third-order valence-electron chi connectivity index (χ3n) is 3.42. The van der Waals surface area contributed by atoms with Crippen molar-refractivity contribution in [1.29, 1.82) is 0 Å². The Morgan fingerprint density at radius 3 is 2.89 bits per heavy atom. The maximum absolute atomic E-state index is 12.1. The number of anilines is 2. The topological polar surface area (TPSA) is 57.3 Å². The summed E-state index contributed by atoms with van der Waals surface area (Å²) in [5.74, 6) is 1.38. The first-order chi connectivity index (χ1) is 9.16. The van der Waals surface area contributed by atoms with Gasteiger partial charge in [-0.05, 0) is 44.0 Å². The fourth-order valence-electron chi connectivity index (χ4n) is 2.40. The second kappa shape index (κ2) is 6.52. The van der Waals surface area contributed by atoms with Crippen LogP contribution < -0.4 is 15.5 Å². The van der Waals surface area contributed by atoms with Gasteiger partial charge in [0.25, 0.3) is 0 Å². The molecule has 1 saturated heterocycles. The maximum atomic E-state index is 12.1. The van der Waals surface area contributed by atoms with Crippen molar-refractivity contribution in [3.05, 3.63) is 18.3 Å². The summed E-state index contributed by atoms with van der Waals surface area (Å²) in [6.45, 7) is 2.04. The van der Waals surface area contributed by atoms with Gasteiger partial charge in [-0.15, -0.1) is 0 Å². The maximum Gasteiger partial charge on any atom is 0.224 e. The molecule has 5 heteroatoms. The molecule has 0 bridgehead atoms. The molecule has 0 radical (unpaired) electrons. The highest BCUT2D eigenvalue weighted by Crippen LogP contribution is 2.22. The SMILES string of the molecule is CN(C)c1ncccc1NC(=O)CC1CCNCC1. The second-order valence-corrected chi connectivity index (χ2v) is 5.21. The highest BCUT2D eigenvalue weighted by Gasteiger charge is 2.17. The zero-order chi connectivity index (χ0) is 13.7. The Morgan fingerprint density at radius 1 is 1.47 bits per heavy atom. The molecule has 1 amide bonds. The number of aromatic nitrogens is 1. The van der Waals surface area contributed by atoms with E-state index in [1.165, 1.54) is 0 Å². The van der Waals surface area contributed by atoms with Crippen LogP contribution >= 0.6 is 0 Å². The third-order valence-corrected chi connectivity index (χ3v) is 3.42. The van der Waals surface area contributed by atoms with Crippen molar-refractivity contribution in [2.75, 3.05) is 37.4 Å². The highest BCUT2D eigenvalue weighted by atomic mass is 16.1. The Hall–Kier alpha value is -1.62. The molecular formula is C14H22N4O. The molecule has 2 N–H and O–H groups in total. The summed E-state index contributed by atoms with van der Waals surface area (Å²) in [5.41, 5.74) is 0.784. The molecule has 0 spiro atoms. The Kier molecular flexibility index (Phi) is 4.74. The number of hydrogen-bond acceptors (Lipinski definition) is 4. The van der Waals surface area contributed by atoms with Crippen molar-refractivity contribution in [1.82, 2.24) is 10.3 Å². The van der Waals surface area contributed by atoms with E-state index < -0.39 is 0 Å². The number of rotatable bonds is 4. The first-order valence-corrected chi connectivity index (χ1v) is 6.79. The van der Waals surface area contributed by atoms with Crippen LogP contribution in [0.25, 0.3) is 0 Å². The standard InChI is InChI=1S/C14H22N4O/c1-18(2)14-12(4-3-7-16-14)17-13(19)10-11-5-8-15-9-6-11/h3-4,7,11,15H,5-6,8-10H2,1-2H3,(H,17,19). The van der Waals surface area contributed by atoms with Crippen molar-refractivity contribution in [3.8, 4) is 0 Å². The van der Waals surface area contributed by atoms with Crippen molar-refractivity contribution < 1.29 is 4.79 Å². The average molecular weight is 262 g/mol. The quantitative estimate of drug-likeness (QED) is 0.863. The molecule has 5 nitrogen and oxygen atoms in total. The fraction of sp³-hybridized carbons (Fsp3) is 0.571. The Labute approximate surface area is 114 Å². The number of carbonyl (C=O) groups excluding carboxylic acids is 1. The Morgan fingerprint density at radius 2 is 2.21 bits per heavy atom. The monoisotopic (exact) mass is 262 g/mol. The van der Waals surface area contributed by atoms with Crippen LogP contribution in [0.4, 0.5) is 11.5 Å². The number of nitrogens with one attached hydrogen (secondary N) is 2. The largest absolute Gasteiger partial charge is 0.361 e. The van der Waals surface area contributed by atoms with E-state index >= 15 is 0 Å². The predicted molar refractivity (Wildman–Crippen MR) is 77.4 cm³/mol. The van der Waals surface area contributed by atoms with Crippen molar-refractivity contribution in [3.63, 3.8) is 0 Å². The smallest absolute Gasteiger partial charge is 0.224 e. The van der Waals surface area contributed by atoms with Crippen LogP contribution in [0.15, 0.2) is 18.3 Å². The van der Waals surface area contributed by atoms with Gasteiger partial charge >= 0.3 is 0 Å². The van der Waals surface area contributed by atoms with E-state index in [-0.39, 0.29) is 5.91 Å². The number of piperidine rings is 1. The Bertz CT molecular complexity index is 427. The molecule has 19 heavy (non-hydrogen) atoms. The van der Waals surface area contributed by atoms with Gasteiger partial charge in [-0.25, -0.2) is 4.98 Å². The molecule has 1 fully saturated rings. The van der Waals surface area contributed by atoms with Gasteiger partial charge in [0.15, 0.2) is 5.82 Å². The lowest BCUT2D eigenvalue weighted by molar-refractivity contribution is -0.117. The van der Waals surface area contributed by atoms with Crippen LogP contribution in [0.3, 0.4) is 0 Å². The van der Waals surface area contributed by atoms with Crippen LogP contribution in [0.2, 0.25) is 0 Å². The fourth-order valence-corrected chi connectivity index (χ4v) is 2.40. The third kappa shape index (κ3) is 3.92. The summed E-state index contributed by atoms with van der Waals surface area (Å²) in [5, 5.41) is 6.29. The van der Waals surface area contributed by atoms with E-state index in [1.54, 1.807) is 6.20 Å². The molecule has 1 aromatic heterocycles. The predicted octanol–water partition coefficient (Wildman–Crippen LogP) is 1.48. The molecule has 104 valence electrons. The molecule has 1 aliphatic heterocycles. The number of hydrogen-bond donors (Lipinski definition) is 2. The molecule has 0 aromatic carbocycles. The van der Waals surface area contributed by atoms with Gasteiger partial charge in [0, 0.05) is 26.7 Å². The van der Waals surface area contributed by atoms with E-state index in [9.17, 15) is 4.79 Å². The van der Waals surface area contributed by atoms with Crippen molar-refractivity contribution in [2.45, 2.75) is 19.3 Å². The van der Waals surface area contributed by atoms with Gasteiger partial charge in [-0.3, -0.25) is 4.79 Å². The molecule has 0 atom stereocenters. The lowest BCUT2D eigenvalue weighted by Crippen LogP contribution is -2.30. The summed E-state index contributed by atoms with van der Waals surface area (Å²) < 4.78 is 0. The molecule has 1 aliphatic rings. The molecule has 0 saturated carbocycles. The van der Waals surface area contributed by atoms with Crippen LogP contribution in [0.1, 0.15) is 19.3 Å². The highest BCUT2D eigenvalue weighted by molar-refractivity contribution is 5.93. The molecule has 1 aromatic rings. The number of carbonyl (C=O) groups is 1. The molecule has 2 rings (SSSR count). The van der Waals surface area contributed by atoms with Gasteiger partial charge in [0.05, 0.1) is 5.69 Å². The first-order valence-electron chi connectivity index (χ1n) is 6.79. The van der Waals surface area contributed by atoms with Crippen molar-refractivity contribution in [2.24, 2.45) is 5.92 Å².